The molecule has 1 saturated carbocycles. The molecule has 4 rings (SSSR count). The number of fused-ring (bicyclic) bond motifs is 1. The summed E-state index contributed by atoms with van der Waals surface area (Å²) in [5.74, 6) is 1.42. The van der Waals surface area contributed by atoms with Crippen LogP contribution in [0, 0.1) is 25.7 Å². The lowest BCUT2D eigenvalue weighted by molar-refractivity contribution is -0.131. The number of aromatic nitrogens is 2. The van der Waals surface area contributed by atoms with Gasteiger partial charge in [-0.25, -0.2) is 0 Å². The van der Waals surface area contributed by atoms with Gasteiger partial charge in [-0.2, -0.15) is 5.10 Å². The fraction of sp³-hybridized carbons (Fsp3) is 0.524. The van der Waals surface area contributed by atoms with Crippen LogP contribution in [0.4, 0.5) is 0 Å². The van der Waals surface area contributed by atoms with Crippen molar-refractivity contribution >= 4 is 17.5 Å². The summed E-state index contributed by atoms with van der Waals surface area (Å²) < 4.78 is 7.78. The van der Waals surface area contributed by atoms with Gasteiger partial charge < -0.3 is 14.7 Å². The van der Waals surface area contributed by atoms with Crippen LogP contribution >= 0.6 is 11.6 Å². The molecule has 2 fully saturated rings. The van der Waals surface area contributed by atoms with Crippen molar-refractivity contribution < 1.29 is 14.6 Å². The molecule has 2 aromatic rings. The van der Waals surface area contributed by atoms with Crippen LogP contribution in [0.15, 0.2) is 30.3 Å². The molecular formula is C21H26ClN3O3. The first-order valence-corrected chi connectivity index (χ1v) is 10.2. The van der Waals surface area contributed by atoms with E-state index in [2.05, 4.69) is 5.10 Å². The van der Waals surface area contributed by atoms with E-state index < -0.39 is 6.10 Å². The van der Waals surface area contributed by atoms with Crippen LogP contribution in [0.2, 0.25) is 5.02 Å². The highest BCUT2D eigenvalue weighted by Gasteiger charge is 2.43. The van der Waals surface area contributed by atoms with Gasteiger partial charge in [0.15, 0.2) is 0 Å². The summed E-state index contributed by atoms with van der Waals surface area (Å²) >= 11 is 6.03. The smallest absolute Gasteiger partial charge is 0.244 e. The molecule has 0 bridgehead atoms. The highest BCUT2D eigenvalue weighted by molar-refractivity contribution is 6.30. The van der Waals surface area contributed by atoms with Gasteiger partial charge in [-0.3, -0.25) is 9.48 Å². The van der Waals surface area contributed by atoms with E-state index >= 15 is 0 Å². The number of rotatable bonds is 4. The van der Waals surface area contributed by atoms with E-state index in [0.29, 0.717) is 42.1 Å². The number of likely N-dealkylation sites (tertiary alicyclic amines) is 1. The Kier molecular flexibility index (Phi) is 5.34. The average Bonchev–Trinajstić information content (AvgIpc) is 3.17. The summed E-state index contributed by atoms with van der Waals surface area (Å²) in [5.41, 5.74) is 1.91. The van der Waals surface area contributed by atoms with Crippen molar-refractivity contribution in [1.82, 2.24) is 14.7 Å². The van der Waals surface area contributed by atoms with Crippen molar-refractivity contribution in [2.24, 2.45) is 11.8 Å². The van der Waals surface area contributed by atoms with Gasteiger partial charge in [-0.15, -0.1) is 0 Å². The zero-order valence-corrected chi connectivity index (χ0v) is 17.0. The summed E-state index contributed by atoms with van der Waals surface area (Å²) in [5, 5.41) is 15.6. The first-order valence-electron chi connectivity index (χ1n) is 9.78. The molecule has 1 aliphatic heterocycles. The third-order valence-corrected chi connectivity index (χ3v) is 6.14. The first kappa shape index (κ1) is 19.3. The van der Waals surface area contributed by atoms with E-state index in [0.717, 1.165) is 17.8 Å². The molecule has 2 aliphatic rings. The molecule has 1 aromatic carbocycles. The highest BCUT2D eigenvalue weighted by Crippen LogP contribution is 2.38. The topological polar surface area (TPSA) is 67.6 Å². The summed E-state index contributed by atoms with van der Waals surface area (Å²) in [6, 6.07) is 9.23. The molecule has 0 spiro atoms. The van der Waals surface area contributed by atoms with Crippen LogP contribution < -0.4 is 4.74 Å². The molecule has 0 unspecified atom stereocenters. The fourth-order valence-corrected chi connectivity index (χ4v) is 4.68. The number of hydrogen-bond acceptors (Lipinski definition) is 4. The van der Waals surface area contributed by atoms with Crippen molar-refractivity contribution in [3.63, 3.8) is 0 Å². The van der Waals surface area contributed by atoms with E-state index in [-0.39, 0.29) is 18.6 Å². The Morgan fingerprint density at radius 1 is 1.25 bits per heavy atom. The van der Waals surface area contributed by atoms with E-state index in [1.807, 2.05) is 36.9 Å². The molecule has 7 heteroatoms. The van der Waals surface area contributed by atoms with Crippen molar-refractivity contribution in [1.29, 1.82) is 0 Å². The van der Waals surface area contributed by atoms with Crippen LogP contribution in [0.25, 0.3) is 0 Å². The molecule has 1 amide bonds. The van der Waals surface area contributed by atoms with E-state index in [1.54, 1.807) is 16.8 Å². The summed E-state index contributed by atoms with van der Waals surface area (Å²) in [7, 11) is 0. The van der Waals surface area contributed by atoms with Crippen molar-refractivity contribution in [3.8, 4) is 5.75 Å². The largest absolute Gasteiger partial charge is 0.488 e. The lowest BCUT2D eigenvalue weighted by Gasteiger charge is -2.35. The monoisotopic (exact) mass is 403 g/mol. The molecule has 150 valence electrons. The van der Waals surface area contributed by atoms with E-state index in [1.165, 1.54) is 0 Å². The number of aliphatic hydroxyl groups is 1. The molecule has 0 radical (unpaired) electrons. The molecule has 1 saturated heterocycles. The fourth-order valence-electron chi connectivity index (χ4n) is 4.50. The average molecular weight is 404 g/mol. The Hall–Kier alpha value is -2.05. The lowest BCUT2D eigenvalue weighted by atomic mass is 9.78. The molecule has 2 heterocycles. The Labute approximate surface area is 170 Å². The maximum atomic E-state index is 12.8. The van der Waals surface area contributed by atoms with Crippen molar-refractivity contribution in [2.45, 2.75) is 45.4 Å². The van der Waals surface area contributed by atoms with Crippen molar-refractivity contribution in [2.75, 3.05) is 13.1 Å². The number of halogens is 1. The second-order valence-electron chi connectivity index (χ2n) is 8.06. The van der Waals surface area contributed by atoms with E-state index in [4.69, 9.17) is 16.3 Å². The minimum atomic E-state index is -0.536. The SMILES string of the molecule is Cc1cc(C)n(CC(=O)N2C[C@H]3C[C@@H](Oc4cccc(Cl)c4)[C@H](O)C[C@H]3C2)n1. The number of carbonyl (C=O) groups excluding carboxylic acids is 1. The van der Waals surface area contributed by atoms with Crippen LogP contribution in [-0.2, 0) is 11.3 Å². The van der Waals surface area contributed by atoms with Gasteiger partial charge in [-0.05, 0) is 62.8 Å². The normalized spacial score (nSPS) is 26.9. The second-order valence-corrected chi connectivity index (χ2v) is 8.49. The van der Waals surface area contributed by atoms with Gasteiger partial charge in [0.1, 0.15) is 18.4 Å². The maximum Gasteiger partial charge on any atom is 0.244 e. The number of carbonyl (C=O) groups is 1. The number of nitrogens with zero attached hydrogens (tertiary/aromatic N) is 3. The number of aryl methyl sites for hydroxylation is 2. The Morgan fingerprint density at radius 3 is 2.68 bits per heavy atom. The van der Waals surface area contributed by atoms with Crippen LogP contribution in [0.1, 0.15) is 24.2 Å². The molecule has 1 aliphatic carbocycles. The summed E-state index contributed by atoms with van der Waals surface area (Å²) in [6.07, 6.45) is 0.582. The minimum absolute atomic E-state index is 0.0856. The predicted molar refractivity (Wildman–Crippen MR) is 106 cm³/mol. The van der Waals surface area contributed by atoms with Gasteiger partial charge in [0.25, 0.3) is 0 Å². The summed E-state index contributed by atoms with van der Waals surface area (Å²) in [4.78, 5) is 14.7. The zero-order chi connectivity index (χ0) is 19.8. The van der Waals surface area contributed by atoms with Gasteiger partial charge in [0.2, 0.25) is 5.91 Å². The molecule has 6 nitrogen and oxygen atoms in total. The van der Waals surface area contributed by atoms with Crippen LogP contribution in [0.3, 0.4) is 0 Å². The zero-order valence-electron chi connectivity index (χ0n) is 16.2. The van der Waals surface area contributed by atoms with Gasteiger partial charge in [0.05, 0.1) is 11.8 Å². The standard InChI is InChI=1S/C21H26ClN3O3/c1-13-6-14(2)25(23-13)12-21(27)24-10-15-7-19(26)20(8-16(15)11-24)28-18-5-3-4-17(22)9-18/h3-6,9,15-16,19-20,26H,7-8,10-12H2,1-2H3/t15-,16+,19+,20+/m0/s1. The lowest BCUT2D eigenvalue weighted by Crippen LogP contribution is -2.42. The van der Waals surface area contributed by atoms with E-state index in [9.17, 15) is 9.90 Å². The molecule has 1 aromatic heterocycles. The minimum Gasteiger partial charge on any atom is -0.488 e. The third-order valence-electron chi connectivity index (χ3n) is 5.91. The highest BCUT2D eigenvalue weighted by atomic mass is 35.5. The quantitative estimate of drug-likeness (QED) is 0.852. The second kappa shape index (κ2) is 7.76. The third kappa shape index (κ3) is 4.03. The van der Waals surface area contributed by atoms with Crippen molar-refractivity contribution in [3.05, 3.63) is 46.7 Å². The summed E-state index contributed by atoms with van der Waals surface area (Å²) in [6.45, 7) is 5.57. The van der Waals surface area contributed by atoms with Crippen LogP contribution in [-0.4, -0.2) is 51.0 Å². The van der Waals surface area contributed by atoms with Gasteiger partial charge in [0, 0.05) is 23.8 Å². The molecule has 4 atom stereocenters. The number of benzene rings is 1. The molecular weight excluding hydrogens is 378 g/mol. The molecule has 1 N–H and O–H groups in total. The first-order chi connectivity index (χ1) is 13.4. The number of amides is 1. The Bertz CT molecular complexity index is 868. The number of hydrogen-bond donors (Lipinski definition) is 1. The Morgan fingerprint density at radius 2 is 2.00 bits per heavy atom. The van der Waals surface area contributed by atoms with Gasteiger partial charge >= 0.3 is 0 Å². The van der Waals surface area contributed by atoms with Gasteiger partial charge in [-0.1, -0.05) is 17.7 Å². The van der Waals surface area contributed by atoms with Crippen LogP contribution in [0.5, 0.6) is 5.75 Å². The number of ether oxygens (including phenoxy) is 1. The predicted octanol–water partition coefficient (Wildman–Crippen LogP) is 2.83. The molecule has 28 heavy (non-hydrogen) atoms. The Balaban J connectivity index is 1.38. The number of aliphatic hydroxyl groups excluding tert-OH is 1. The maximum absolute atomic E-state index is 12.8.